The lowest BCUT2D eigenvalue weighted by Gasteiger charge is -1.94. The van der Waals surface area contributed by atoms with Crippen LogP contribution in [-0.4, -0.2) is 0 Å². The molecule has 0 saturated heterocycles. The van der Waals surface area contributed by atoms with Gasteiger partial charge in [-0.2, -0.15) is 0 Å². The lowest BCUT2D eigenvalue weighted by atomic mass is 10.3. The topological polar surface area (TPSA) is 26.0 Å². The molecule has 0 aliphatic carbocycles. The minimum atomic E-state index is 0.822. The highest BCUT2D eigenvalue weighted by atomic mass is 32.1. The number of anilines is 1. The van der Waals surface area contributed by atoms with Gasteiger partial charge in [-0.15, -0.1) is 37.9 Å². The van der Waals surface area contributed by atoms with Crippen LogP contribution in [0.5, 0.6) is 0 Å². The highest BCUT2D eigenvalue weighted by Gasteiger charge is 1.89. The third-order valence-corrected chi connectivity index (χ3v) is 2.46. The Hall–Kier alpha value is -0.710. The van der Waals surface area contributed by atoms with Gasteiger partial charge in [0, 0.05) is 20.4 Å². The molecule has 0 aliphatic heterocycles. The van der Waals surface area contributed by atoms with E-state index in [0.717, 1.165) is 20.4 Å². The Kier molecular flexibility index (Phi) is 5.66. The van der Waals surface area contributed by atoms with Gasteiger partial charge in [-0.25, -0.2) is 0 Å². The zero-order chi connectivity index (χ0) is 12.0. The molecule has 84 valence electrons. The van der Waals surface area contributed by atoms with Crippen LogP contribution < -0.4 is 5.73 Å². The van der Waals surface area contributed by atoms with Crippen molar-refractivity contribution in [2.75, 3.05) is 5.73 Å². The number of thiol groups is 3. The van der Waals surface area contributed by atoms with Crippen LogP contribution in [0.2, 0.25) is 0 Å². The van der Waals surface area contributed by atoms with Crippen LogP contribution >= 0.6 is 37.9 Å². The second-order valence-corrected chi connectivity index (χ2v) is 4.67. The van der Waals surface area contributed by atoms with Crippen LogP contribution in [0, 0.1) is 0 Å². The normalized spacial score (nSPS) is 9.19. The summed E-state index contributed by atoms with van der Waals surface area (Å²) in [6.07, 6.45) is 0. The zero-order valence-electron chi connectivity index (χ0n) is 8.54. The van der Waals surface area contributed by atoms with Gasteiger partial charge in [-0.1, -0.05) is 18.2 Å². The molecule has 1 nitrogen and oxygen atoms in total. The Labute approximate surface area is 112 Å². The van der Waals surface area contributed by atoms with Gasteiger partial charge < -0.3 is 5.73 Å². The molecule has 16 heavy (non-hydrogen) atoms. The van der Waals surface area contributed by atoms with Crippen LogP contribution in [-0.2, 0) is 0 Å². The molecule has 2 aromatic rings. The van der Waals surface area contributed by atoms with Crippen molar-refractivity contribution in [1.29, 1.82) is 0 Å². The van der Waals surface area contributed by atoms with Crippen molar-refractivity contribution in [3.8, 4) is 0 Å². The molecule has 2 N–H and O–H groups in total. The summed E-state index contributed by atoms with van der Waals surface area (Å²) < 4.78 is 0. The van der Waals surface area contributed by atoms with E-state index in [-0.39, 0.29) is 0 Å². The summed E-state index contributed by atoms with van der Waals surface area (Å²) >= 11 is 12.4. The van der Waals surface area contributed by atoms with Gasteiger partial charge in [-0.3, -0.25) is 0 Å². The minimum Gasteiger partial charge on any atom is -0.399 e. The van der Waals surface area contributed by atoms with Crippen LogP contribution in [0.25, 0.3) is 0 Å². The monoisotopic (exact) mass is 267 g/mol. The molecule has 0 amide bonds. The van der Waals surface area contributed by atoms with Crippen molar-refractivity contribution in [2.45, 2.75) is 14.7 Å². The maximum atomic E-state index is 5.36. The first-order valence-corrected chi connectivity index (χ1v) is 5.94. The lowest BCUT2D eigenvalue weighted by molar-refractivity contribution is 1.25. The fourth-order valence-corrected chi connectivity index (χ4v) is 2.17. The van der Waals surface area contributed by atoms with Gasteiger partial charge in [0.1, 0.15) is 0 Å². The zero-order valence-corrected chi connectivity index (χ0v) is 11.2. The average Bonchev–Trinajstić information content (AvgIpc) is 2.17. The number of nitrogen functional groups attached to an aromatic ring is 1. The summed E-state index contributed by atoms with van der Waals surface area (Å²) in [7, 11) is 0. The Morgan fingerprint density at radius 2 is 1.06 bits per heavy atom. The van der Waals surface area contributed by atoms with Crippen LogP contribution in [0.3, 0.4) is 0 Å². The molecule has 0 atom stereocenters. The highest BCUT2D eigenvalue weighted by molar-refractivity contribution is 7.81. The Morgan fingerprint density at radius 3 is 1.31 bits per heavy atom. The Bertz CT molecular complexity index is 393. The van der Waals surface area contributed by atoms with E-state index in [1.54, 1.807) is 0 Å². The number of para-hydroxylation sites is 1. The first-order valence-electron chi connectivity index (χ1n) is 4.60. The number of hydrogen-bond acceptors (Lipinski definition) is 4. The van der Waals surface area contributed by atoms with E-state index in [1.807, 2.05) is 48.5 Å². The second-order valence-electron chi connectivity index (χ2n) is 3.12. The third kappa shape index (κ3) is 5.39. The van der Waals surface area contributed by atoms with Gasteiger partial charge >= 0.3 is 0 Å². The predicted octanol–water partition coefficient (Wildman–Crippen LogP) is 3.82. The molecule has 0 unspecified atom stereocenters. The maximum absolute atomic E-state index is 5.36. The van der Waals surface area contributed by atoms with Crippen molar-refractivity contribution in [1.82, 2.24) is 0 Å². The van der Waals surface area contributed by atoms with E-state index in [4.69, 9.17) is 5.73 Å². The summed E-state index contributed by atoms with van der Waals surface area (Å²) in [5.74, 6) is 0. The van der Waals surface area contributed by atoms with Gasteiger partial charge in [-0.05, 0) is 30.3 Å². The molecule has 4 heteroatoms. The summed E-state index contributed by atoms with van der Waals surface area (Å²) in [6, 6.07) is 15.1. The molecular formula is C12H13NS3. The molecule has 0 radical (unpaired) electrons. The largest absolute Gasteiger partial charge is 0.399 e. The second kappa shape index (κ2) is 6.78. The van der Waals surface area contributed by atoms with Gasteiger partial charge in [0.25, 0.3) is 0 Å². The molecular weight excluding hydrogens is 254 g/mol. The van der Waals surface area contributed by atoms with Gasteiger partial charge in [0.05, 0.1) is 0 Å². The van der Waals surface area contributed by atoms with Crippen molar-refractivity contribution in [3.63, 3.8) is 0 Å². The SMILES string of the molecule is Nc1ccccc1.Sc1cc(S)cc(S)c1. The van der Waals surface area contributed by atoms with E-state index in [0.29, 0.717) is 0 Å². The fourth-order valence-electron chi connectivity index (χ4n) is 1.03. The number of rotatable bonds is 0. The van der Waals surface area contributed by atoms with E-state index < -0.39 is 0 Å². The van der Waals surface area contributed by atoms with Crippen molar-refractivity contribution in [3.05, 3.63) is 48.5 Å². The van der Waals surface area contributed by atoms with Crippen LogP contribution in [0.4, 0.5) is 5.69 Å². The Morgan fingerprint density at radius 1 is 0.688 bits per heavy atom. The summed E-state index contributed by atoms with van der Waals surface area (Å²) in [4.78, 5) is 2.69. The standard InChI is InChI=1S/C6H7N.C6H6S3/c7-6-4-2-1-3-5-6;7-4-1-5(8)3-6(9)2-4/h1-5H,7H2;1-3,7-9H. The smallest absolute Gasteiger partial charge is 0.0313 e. The van der Waals surface area contributed by atoms with Gasteiger partial charge in [0.2, 0.25) is 0 Å². The highest BCUT2D eigenvalue weighted by Crippen LogP contribution is 2.18. The quantitative estimate of drug-likeness (QED) is 0.424. The van der Waals surface area contributed by atoms with Crippen LogP contribution in [0.1, 0.15) is 0 Å². The molecule has 0 heterocycles. The maximum Gasteiger partial charge on any atom is 0.0313 e. The first-order chi connectivity index (χ1) is 7.58. The van der Waals surface area contributed by atoms with Crippen molar-refractivity contribution in [2.24, 2.45) is 0 Å². The van der Waals surface area contributed by atoms with E-state index in [9.17, 15) is 0 Å². The molecule has 0 aromatic heterocycles. The molecule has 0 saturated carbocycles. The molecule has 2 aromatic carbocycles. The number of nitrogens with two attached hydrogens (primary N) is 1. The number of hydrogen-bond donors (Lipinski definition) is 4. The summed E-state index contributed by atoms with van der Waals surface area (Å²) in [5, 5.41) is 0. The summed E-state index contributed by atoms with van der Waals surface area (Å²) in [6.45, 7) is 0. The summed E-state index contributed by atoms with van der Waals surface area (Å²) in [5.41, 5.74) is 6.18. The molecule has 0 spiro atoms. The van der Waals surface area contributed by atoms with Crippen molar-refractivity contribution >= 4 is 43.6 Å². The predicted molar refractivity (Wildman–Crippen MR) is 79.1 cm³/mol. The fraction of sp³-hybridized carbons (Fsp3) is 0. The molecule has 0 bridgehead atoms. The van der Waals surface area contributed by atoms with Crippen LogP contribution in [0.15, 0.2) is 63.2 Å². The number of benzene rings is 2. The average molecular weight is 267 g/mol. The lowest BCUT2D eigenvalue weighted by Crippen LogP contribution is -1.79. The minimum absolute atomic E-state index is 0.822. The first kappa shape index (κ1) is 13.4. The molecule has 2 rings (SSSR count). The molecule has 0 fully saturated rings. The third-order valence-electron chi connectivity index (χ3n) is 1.69. The van der Waals surface area contributed by atoms with Crippen molar-refractivity contribution < 1.29 is 0 Å². The van der Waals surface area contributed by atoms with Gasteiger partial charge in [0.15, 0.2) is 0 Å². The van der Waals surface area contributed by atoms with E-state index in [2.05, 4.69) is 37.9 Å². The van der Waals surface area contributed by atoms with E-state index >= 15 is 0 Å². The van der Waals surface area contributed by atoms with E-state index in [1.165, 1.54) is 0 Å². The Balaban J connectivity index is 0.000000165. The molecule has 0 aliphatic rings.